The molecule has 1 aliphatic heterocycles. The summed E-state index contributed by atoms with van der Waals surface area (Å²) in [5, 5.41) is 49.5. The normalized spacial score (nSPS) is 20.4. The van der Waals surface area contributed by atoms with Gasteiger partial charge in [0.1, 0.15) is 28.4 Å². The molecule has 1 aliphatic rings. The van der Waals surface area contributed by atoms with E-state index in [4.69, 9.17) is 15.8 Å². The number of alkyl halides is 1. The lowest BCUT2D eigenvalue weighted by Gasteiger charge is -2.18. The Kier molecular flexibility index (Phi) is 21.6. The van der Waals surface area contributed by atoms with Gasteiger partial charge >= 0.3 is 0 Å². The van der Waals surface area contributed by atoms with Crippen molar-refractivity contribution in [3.05, 3.63) is 20.2 Å². The molecule has 0 saturated carbocycles. The van der Waals surface area contributed by atoms with E-state index < -0.39 is 32.2 Å². The number of rotatable bonds is 13. The molecule has 0 aliphatic carbocycles. The van der Waals surface area contributed by atoms with Crippen LogP contribution in [0.5, 0.6) is 0 Å². The van der Waals surface area contributed by atoms with Gasteiger partial charge in [-0.05, 0) is 59.0 Å². The largest absolute Gasteiger partial charge is 0.309 e. The van der Waals surface area contributed by atoms with Crippen LogP contribution in [0.3, 0.4) is 0 Å². The van der Waals surface area contributed by atoms with Gasteiger partial charge in [-0.25, -0.2) is 8.42 Å². The van der Waals surface area contributed by atoms with Crippen LogP contribution in [0.15, 0.2) is 0 Å². The van der Waals surface area contributed by atoms with E-state index in [0.29, 0.717) is 40.2 Å². The fourth-order valence-corrected chi connectivity index (χ4v) is 7.56. The third-order valence-corrected chi connectivity index (χ3v) is 9.98. The zero-order chi connectivity index (χ0) is 29.0. The summed E-state index contributed by atoms with van der Waals surface area (Å²) in [6, 6.07) is 0. The second-order valence-electron chi connectivity index (χ2n) is 8.08. The molecule has 6 unspecified atom stereocenters. The lowest BCUT2D eigenvalue weighted by molar-refractivity contribution is -0.768. The first-order chi connectivity index (χ1) is 17.2. The minimum Gasteiger partial charge on any atom is -0.309 e. The first-order valence-corrected chi connectivity index (χ1v) is 16.6. The van der Waals surface area contributed by atoms with E-state index >= 15 is 0 Å². The molecule has 0 aromatic rings. The fraction of sp³-hybridized carbons (Fsp3) is 0.842. The van der Waals surface area contributed by atoms with Crippen molar-refractivity contribution in [1.29, 1.82) is 15.8 Å². The molecule has 0 aromatic heterocycles. The van der Waals surface area contributed by atoms with E-state index in [0.717, 1.165) is 35.3 Å². The Morgan fingerprint density at radius 1 is 0.865 bits per heavy atom. The predicted molar refractivity (Wildman–Crippen MR) is 147 cm³/mol. The summed E-state index contributed by atoms with van der Waals surface area (Å²) < 4.78 is 21.7. The van der Waals surface area contributed by atoms with Crippen molar-refractivity contribution in [2.75, 3.05) is 34.1 Å². The smallest absolute Gasteiger partial charge is 0.294 e. The molecule has 13 nitrogen and oxygen atoms in total. The summed E-state index contributed by atoms with van der Waals surface area (Å²) in [6.45, 7) is 7.54. The molecule has 37 heavy (non-hydrogen) atoms. The summed E-state index contributed by atoms with van der Waals surface area (Å²) in [5.41, 5.74) is 0. The van der Waals surface area contributed by atoms with Gasteiger partial charge in [-0.3, -0.25) is 0 Å². The maximum absolute atomic E-state index is 10.9. The van der Waals surface area contributed by atoms with Crippen LogP contribution < -0.4 is 0 Å². The Morgan fingerprint density at radius 3 is 1.51 bits per heavy atom. The highest BCUT2D eigenvalue weighted by Gasteiger charge is 2.31. The van der Waals surface area contributed by atoms with Crippen molar-refractivity contribution in [1.82, 2.24) is 0 Å². The average molecular weight is 665 g/mol. The molecule has 0 spiro atoms. The number of thiocyanates is 3. The van der Waals surface area contributed by atoms with Gasteiger partial charge in [0.25, 0.3) is 10.2 Å². The zero-order valence-electron chi connectivity index (χ0n) is 20.7. The minimum absolute atomic E-state index is 0.0329. The maximum atomic E-state index is 10.9. The highest BCUT2D eigenvalue weighted by Crippen LogP contribution is 2.23. The Hall–Kier alpha value is -1.65. The summed E-state index contributed by atoms with van der Waals surface area (Å²) in [5.74, 6) is 2.55. The van der Waals surface area contributed by atoms with Crippen LogP contribution in [0.25, 0.3) is 0 Å². The molecule has 6 atom stereocenters. The van der Waals surface area contributed by atoms with Gasteiger partial charge in [0, 0.05) is 22.6 Å². The molecule has 1 fully saturated rings. The fourth-order valence-electron chi connectivity index (χ4n) is 2.67. The number of nitriles is 3. The van der Waals surface area contributed by atoms with Crippen LogP contribution in [-0.4, -0.2) is 64.9 Å². The van der Waals surface area contributed by atoms with E-state index in [-0.39, 0.29) is 17.6 Å². The van der Waals surface area contributed by atoms with Gasteiger partial charge in [0.05, 0.1) is 11.5 Å². The quantitative estimate of drug-likeness (QED) is 0.117. The molecule has 0 bridgehead atoms. The average Bonchev–Trinajstić information content (AvgIpc) is 3.06. The second-order valence-corrected chi connectivity index (χ2v) is 13.3. The highest BCUT2D eigenvalue weighted by molar-refractivity contribution is 9.09. The molecular formula is C19H30BrN5O8S4. The molecule has 1 saturated heterocycles. The van der Waals surface area contributed by atoms with Gasteiger partial charge < -0.3 is 9.68 Å². The molecule has 0 amide bonds. The summed E-state index contributed by atoms with van der Waals surface area (Å²) in [7, 11) is -2.64. The lowest BCUT2D eigenvalue weighted by atomic mass is 10.0. The topological polar surface area (TPSA) is 210 Å². The van der Waals surface area contributed by atoms with E-state index in [2.05, 4.69) is 25.6 Å². The van der Waals surface area contributed by atoms with E-state index in [1.807, 2.05) is 30.1 Å². The SMILES string of the molecule is CC(CSC#N)C(CBr)O[N+](=O)[O-].CC(CSC#N)C(CSC#N)O[N+](=O)[O-].CC1CS(=O)(=O)CC1C. The zero-order valence-corrected chi connectivity index (χ0v) is 25.6. The molecule has 0 radical (unpaired) electrons. The van der Waals surface area contributed by atoms with Crippen LogP contribution in [0.1, 0.15) is 27.7 Å². The lowest BCUT2D eigenvalue weighted by Crippen LogP contribution is -2.28. The molecule has 1 rings (SSSR count). The van der Waals surface area contributed by atoms with E-state index in [1.54, 1.807) is 13.8 Å². The second kappa shape index (κ2) is 21.3. The van der Waals surface area contributed by atoms with E-state index in [1.165, 1.54) is 0 Å². The van der Waals surface area contributed by atoms with Crippen molar-refractivity contribution in [3.63, 3.8) is 0 Å². The number of hydrogen-bond donors (Lipinski definition) is 0. The van der Waals surface area contributed by atoms with Gasteiger partial charge in [-0.2, -0.15) is 15.8 Å². The summed E-state index contributed by atoms with van der Waals surface area (Å²) in [6.07, 6.45) is -1.14. The molecule has 0 aromatic carbocycles. The third-order valence-electron chi connectivity index (χ3n) is 5.00. The van der Waals surface area contributed by atoms with Crippen molar-refractivity contribution >= 4 is 61.1 Å². The molecular weight excluding hydrogens is 634 g/mol. The number of thioether (sulfide) groups is 3. The van der Waals surface area contributed by atoms with Gasteiger partial charge in [-0.1, -0.05) is 43.6 Å². The number of sulfone groups is 1. The first-order valence-electron chi connectivity index (χ1n) is 10.7. The van der Waals surface area contributed by atoms with Gasteiger partial charge in [0.2, 0.25) is 0 Å². The number of hydrogen-bond acceptors (Lipinski definition) is 14. The van der Waals surface area contributed by atoms with Crippen molar-refractivity contribution in [2.45, 2.75) is 39.9 Å². The van der Waals surface area contributed by atoms with Crippen molar-refractivity contribution < 1.29 is 28.3 Å². The van der Waals surface area contributed by atoms with Crippen LogP contribution >= 0.6 is 51.2 Å². The Bertz CT molecular complexity index is 909. The minimum atomic E-state index is -2.64. The molecule has 1 heterocycles. The van der Waals surface area contributed by atoms with Crippen molar-refractivity contribution in [2.24, 2.45) is 23.7 Å². The molecule has 18 heteroatoms. The number of halogens is 1. The Morgan fingerprint density at radius 2 is 1.22 bits per heavy atom. The van der Waals surface area contributed by atoms with Gasteiger partial charge in [0.15, 0.2) is 9.84 Å². The molecule has 210 valence electrons. The van der Waals surface area contributed by atoms with Crippen LogP contribution in [0, 0.1) is 75.9 Å². The Labute approximate surface area is 238 Å². The monoisotopic (exact) mass is 663 g/mol. The van der Waals surface area contributed by atoms with Crippen LogP contribution in [0.2, 0.25) is 0 Å². The van der Waals surface area contributed by atoms with Crippen LogP contribution in [0.4, 0.5) is 0 Å². The van der Waals surface area contributed by atoms with Crippen molar-refractivity contribution in [3.8, 4) is 16.2 Å². The Balaban J connectivity index is 0. The standard InChI is InChI=1S/C7H9N3O3S2.C6H9BrN2O3S.C6H12O2S/c1-6(2-14-4-8)7(3-15-5-9)13-10(11)12;1-5(3-13-4-8)6(2-7)12-9(10)11;1-5-3-9(7,8)4-6(5)2/h6-7H,2-3H2,1H3;5-6H,2-3H2,1H3;5-6H,3-4H2,1-2H3. The first kappa shape index (κ1) is 37.5. The maximum Gasteiger partial charge on any atom is 0.294 e. The van der Waals surface area contributed by atoms with Gasteiger partial charge in [-0.15, -0.1) is 20.2 Å². The summed E-state index contributed by atoms with van der Waals surface area (Å²) in [4.78, 5) is 29.1. The summed E-state index contributed by atoms with van der Waals surface area (Å²) >= 11 is 6.10. The molecule has 0 N–H and O–H groups in total. The number of nitrogens with zero attached hydrogens (tertiary/aromatic N) is 5. The third kappa shape index (κ3) is 20.0. The highest BCUT2D eigenvalue weighted by atomic mass is 79.9. The predicted octanol–water partition coefficient (Wildman–Crippen LogP) is 4.12. The van der Waals surface area contributed by atoms with Crippen LogP contribution in [-0.2, 0) is 19.5 Å². The van der Waals surface area contributed by atoms with E-state index in [9.17, 15) is 28.6 Å².